The Morgan fingerprint density at radius 3 is 2.62 bits per heavy atom. The smallest absolute Gasteiger partial charge is 0.251 e. The van der Waals surface area contributed by atoms with Gasteiger partial charge >= 0.3 is 0 Å². The van der Waals surface area contributed by atoms with Crippen molar-refractivity contribution in [2.75, 3.05) is 19.8 Å². The summed E-state index contributed by atoms with van der Waals surface area (Å²) in [5, 5.41) is 13.0. The number of hydrogen-bond acceptors (Lipinski definition) is 5. The molecule has 6 heteroatoms. The normalized spacial score (nSPS) is 12.8. The standard InChI is InChI=1S/C15H19NO5/c17-14(18)4-2-1-3-7-16-15(19)11-5-6-12-13(10-11)21-9-8-20-12/h5-6,10H,1-4,7-9H2,(H,16,19)(H,17,18)/p-1. The number of carboxylic acids is 1. The summed E-state index contributed by atoms with van der Waals surface area (Å²) in [7, 11) is 0. The minimum Gasteiger partial charge on any atom is -0.550 e. The lowest BCUT2D eigenvalue weighted by molar-refractivity contribution is -0.305. The van der Waals surface area contributed by atoms with Crippen molar-refractivity contribution in [3.63, 3.8) is 0 Å². The second-order valence-corrected chi connectivity index (χ2v) is 4.80. The van der Waals surface area contributed by atoms with E-state index in [2.05, 4.69) is 5.32 Å². The fourth-order valence-electron chi connectivity index (χ4n) is 2.06. The molecule has 1 aliphatic heterocycles. The molecule has 1 heterocycles. The van der Waals surface area contributed by atoms with Gasteiger partial charge in [-0.3, -0.25) is 4.79 Å². The maximum absolute atomic E-state index is 12.0. The van der Waals surface area contributed by atoms with Crippen LogP contribution in [0.3, 0.4) is 0 Å². The number of ether oxygens (including phenoxy) is 2. The highest BCUT2D eigenvalue weighted by Gasteiger charge is 2.14. The first-order valence-electron chi connectivity index (χ1n) is 7.04. The molecule has 0 bridgehead atoms. The molecule has 6 nitrogen and oxygen atoms in total. The molecule has 0 radical (unpaired) electrons. The average Bonchev–Trinajstić information content (AvgIpc) is 2.49. The molecular formula is C15H18NO5-. The first kappa shape index (κ1) is 15.2. The number of benzene rings is 1. The van der Waals surface area contributed by atoms with Crippen LogP contribution >= 0.6 is 0 Å². The first-order chi connectivity index (χ1) is 10.2. The minimum absolute atomic E-state index is 0.0656. The quantitative estimate of drug-likeness (QED) is 0.739. The van der Waals surface area contributed by atoms with Crippen molar-refractivity contribution in [3.05, 3.63) is 23.8 Å². The average molecular weight is 292 g/mol. The third-order valence-electron chi connectivity index (χ3n) is 3.15. The van der Waals surface area contributed by atoms with Gasteiger partial charge in [0.2, 0.25) is 0 Å². The first-order valence-corrected chi connectivity index (χ1v) is 7.04. The zero-order valence-corrected chi connectivity index (χ0v) is 11.7. The summed E-state index contributed by atoms with van der Waals surface area (Å²) in [5.41, 5.74) is 0.522. The van der Waals surface area contributed by atoms with Crippen molar-refractivity contribution in [2.24, 2.45) is 0 Å². The van der Waals surface area contributed by atoms with Crippen molar-refractivity contribution in [1.82, 2.24) is 5.32 Å². The van der Waals surface area contributed by atoms with E-state index >= 15 is 0 Å². The summed E-state index contributed by atoms with van der Waals surface area (Å²) < 4.78 is 10.8. The van der Waals surface area contributed by atoms with Crippen LogP contribution < -0.4 is 19.9 Å². The van der Waals surface area contributed by atoms with Gasteiger partial charge in [-0.05, 0) is 37.5 Å². The van der Waals surface area contributed by atoms with E-state index in [1.807, 2.05) is 0 Å². The van der Waals surface area contributed by atoms with Crippen molar-refractivity contribution in [1.29, 1.82) is 0 Å². The Bertz CT molecular complexity index is 515. The molecule has 1 amide bonds. The van der Waals surface area contributed by atoms with E-state index in [-0.39, 0.29) is 12.3 Å². The van der Waals surface area contributed by atoms with Crippen LogP contribution in [-0.4, -0.2) is 31.6 Å². The molecule has 0 fully saturated rings. The zero-order chi connectivity index (χ0) is 15.1. The molecule has 21 heavy (non-hydrogen) atoms. The molecule has 0 unspecified atom stereocenters. The lowest BCUT2D eigenvalue weighted by Crippen LogP contribution is -2.25. The predicted octanol–water partition coefficient (Wildman–Crippen LogP) is 0.498. The lowest BCUT2D eigenvalue weighted by Gasteiger charge is -2.18. The maximum atomic E-state index is 12.0. The Morgan fingerprint density at radius 2 is 1.86 bits per heavy atom. The van der Waals surface area contributed by atoms with Crippen LogP contribution in [0.4, 0.5) is 0 Å². The van der Waals surface area contributed by atoms with E-state index < -0.39 is 5.97 Å². The number of aliphatic carboxylic acids is 1. The highest BCUT2D eigenvalue weighted by molar-refractivity contribution is 5.94. The van der Waals surface area contributed by atoms with Crippen LogP contribution in [0.1, 0.15) is 36.0 Å². The van der Waals surface area contributed by atoms with E-state index in [0.717, 1.165) is 12.8 Å². The summed E-state index contributed by atoms with van der Waals surface area (Å²) >= 11 is 0. The number of rotatable bonds is 7. The Kier molecular flexibility index (Phi) is 5.43. The molecule has 1 aromatic carbocycles. The second-order valence-electron chi connectivity index (χ2n) is 4.80. The SMILES string of the molecule is O=C([O-])CCCCCNC(=O)c1ccc2c(c1)OCCO2. The molecule has 2 rings (SSSR count). The number of carbonyl (C=O) groups excluding carboxylic acids is 2. The van der Waals surface area contributed by atoms with E-state index in [9.17, 15) is 14.7 Å². The predicted molar refractivity (Wildman–Crippen MR) is 73.2 cm³/mol. The van der Waals surface area contributed by atoms with Gasteiger partial charge in [0.25, 0.3) is 5.91 Å². The van der Waals surface area contributed by atoms with Crippen molar-refractivity contribution in [2.45, 2.75) is 25.7 Å². The fourth-order valence-corrected chi connectivity index (χ4v) is 2.06. The number of carboxylic acid groups (broad SMARTS) is 1. The number of unbranched alkanes of at least 4 members (excludes halogenated alkanes) is 2. The zero-order valence-electron chi connectivity index (χ0n) is 11.7. The maximum Gasteiger partial charge on any atom is 0.251 e. The van der Waals surface area contributed by atoms with Crippen molar-refractivity contribution < 1.29 is 24.2 Å². The minimum atomic E-state index is -1.03. The molecule has 1 N–H and O–H groups in total. The van der Waals surface area contributed by atoms with Crippen LogP contribution in [-0.2, 0) is 4.79 Å². The molecule has 0 aliphatic carbocycles. The van der Waals surface area contributed by atoms with E-state index in [1.54, 1.807) is 18.2 Å². The number of hydrogen-bond donors (Lipinski definition) is 1. The molecule has 0 spiro atoms. The topological polar surface area (TPSA) is 87.7 Å². The second kappa shape index (κ2) is 7.52. The third-order valence-corrected chi connectivity index (χ3v) is 3.15. The molecule has 0 aromatic heterocycles. The van der Waals surface area contributed by atoms with E-state index in [4.69, 9.17) is 9.47 Å². The van der Waals surface area contributed by atoms with Crippen LogP contribution in [0, 0.1) is 0 Å². The highest BCUT2D eigenvalue weighted by atomic mass is 16.6. The molecule has 0 saturated heterocycles. The number of fused-ring (bicyclic) bond motifs is 1. The number of amides is 1. The van der Waals surface area contributed by atoms with Gasteiger partial charge in [-0.25, -0.2) is 0 Å². The Morgan fingerprint density at radius 1 is 1.10 bits per heavy atom. The van der Waals surface area contributed by atoms with Gasteiger partial charge in [-0.15, -0.1) is 0 Å². The van der Waals surface area contributed by atoms with Crippen molar-refractivity contribution >= 4 is 11.9 Å². The summed E-state index contributed by atoms with van der Waals surface area (Å²) in [6.45, 7) is 1.52. The van der Waals surface area contributed by atoms with Gasteiger partial charge in [-0.2, -0.15) is 0 Å². The summed E-state index contributed by atoms with van der Waals surface area (Å²) in [6.07, 6.45) is 2.12. The summed E-state index contributed by atoms with van der Waals surface area (Å²) in [5.74, 6) is 0.0325. The van der Waals surface area contributed by atoms with Gasteiger partial charge in [0.05, 0.1) is 0 Å². The Balaban J connectivity index is 1.74. The molecule has 114 valence electrons. The van der Waals surface area contributed by atoms with Crippen molar-refractivity contribution in [3.8, 4) is 11.5 Å². The highest BCUT2D eigenvalue weighted by Crippen LogP contribution is 2.30. The van der Waals surface area contributed by atoms with Crippen LogP contribution in [0.5, 0.6) is 11.5 Å². The molecule has 0 atom stereocenters. The number of nitrogens with one attached hydrogen (secondary N) is 1. The molecule has 0 saturated carbocycles. The number of carbonyl (C=O) groups is 2. The van der Waals surface area contributed by atoms with Crippen LogP contribution in [0.2, 0.25) is 0 Å². The van der Waals surface area contributed by atoms with Gasteiger partial charge in [0, 0.05) is 18.1 Å². The van der Waals surface area contributed by atoms with E-state index in [1.165, 1.54) is 0 Å². The Labute approximate surface area is 123 Å². The third kappa shape index (κ3) is 4.66. The van der Waals surface area contributed by atoms with Crippen LogP contribution in [0.15, 0.2) is 18.2 Å². The van der Waals surface area contributed by atoms with Gasteiger partial charge in [0.15, 0.2) is 11.5 Å². The summed E-state index contributed by atoms with van der Waals surface area (Å²) in [6, 6.07) is 5.09. The van der Waals surface area contributed by atoms with Gasteiger partial charge in [-0.1, -0.05) is 6.42 Å². The summed E-state index contributed by atoms with van der Waals surface area (Å²) in [4.78, 5) is 22.2. The monoisotopic (exact) mass is 292 g/mol. The molecular weight excluding hydrogens is 274 g/mol. The Hall–Kier alpha value is -2.24. The van der Waals surface area contributed by atoms with Gasteiger partial charge < -0.3 is 24.7 Å². The largest absolute Gasteiger partial charge is 0.550 e. The van der Waals surface area contributed by atoms with Gasteiger partial charge in [0.1, 0.15) is 13.2 Å². The van der Waals surface area contributed by atoms with E-state index in [0.29, 0.717) is 43.2 Å². The van der Waals surface area contributed by atoms with Crippen LogP contribution in [0.25, 0.3) is 0 Å². The lowest BCUT2D eigenvalue weighted by atomic mass is 10.1. The fraction of sp³-hybridized carbons (Fsp3) is 0.467. The molecule has 1 aromatic rings. The molecule has 1 aliphatic rings.